The molecule has 0 aliphatic heterocycles. The molecule has 3 aromatic carbocycles. The van der Waals surface area contributed by atoms with Crippen molar-refractivity contribution in [2.75, 3.05) is 5.75 Å². The van der Waals surface area contributed by atoms with E-state index in [-0.39, 0.29) is 11.7 Å². The van der Waals surface area contributed by atoms with Crippen molar-refractivity contribution in [2.45, 2.75) is 12.1 Å². The molecular formula is C26H22ClN5OS. The summed E-state index contributed by atoms with van der Waals surface area (Å²) in [5.74, 6) is 0.588. The van der Waals surface area contributed by atoms with Gasteiger partial charge >= 0.3 is 0 Å². The van der Waals surface area contributed by atoms with Crippen molar-refractivity contribution in [2.24, 2.45) is 5.10 Å². The van der Waals surface area contributed by atoms with Gasteiger partial charge in [0.15, 0.2) is 11.0 Å². The maximum atomic E-state index is 12.4. The second kappa shape index (κ2) is 11.4. The number of aromatic nitrogens is 3. The van der Waals surface area contributed by atoms with Gasteiger partial charge in [-0.15, -0.1) is 10.2 Å². The number of allylic oxidation sites excluding steroid dienone is 1. The molecule has 1 aromatic heterocycles. The summed E-state index contributed by atoms with van der Waals surface area (Å²) in [5.41, 5.74) is 6.35. The lowest BCUT2D eigenvalue weighted by atomic mass is 10.1. The predicted octanol–water partition coefficient (Wildman–Crippen LogP) is 5.89. The van der Waals surface area contributed by atoms with E-state index in [0.29, 0.717) is 16.0 Å². The average Bonchev–Trinajstić information content (AvgIpc) is 3.28. The van der Waals surface area contributed by atoms with Gasteiger partial charge < -0.3 is 0 Å². The molecule has 0 bridgehead atoms. The van der Waals surface area contributed by atoms with E-state index < -0.39 is 0 Å². The number of benzene rings is 3. The van der Waals surface area contributed by atoms with Crippen LogP contribution in [0.5, 0.6) is 0 Å². The number of carbonyl (C=O) groups excluding carboxylic acids is 1. The highest BCUT2D eigenvalue weighted by Gasteiger charge is 2.17. The van der Waals surface area contributed by atoms with E-state index >= 15 is 0 Å². The maximum Gasteiger partial charge on any atom is 0.250 e. The van der Waals surface area contributed by atoms with Crippen LogP contribution in [0.25, 0.3) is 23.2 Å². The first-order valence-electron chi connectivity index (χ1n) is 10.5. The molecule has 0 spiro atoms. The lowest BCUT2D eigenvalue weighted by molar-refractivity contribution is -0.118. The molecular weight excluding hydrogens is 466 g/mol. The second-order valence-corrected chi connectivity index (χ2v) is 8.74. The van der Waals surface area contributed by atoms with Crippen molar-refractivity contribution in [1.82, 2.24) is 20.2 Å². The Kier molecular flexibility index (Phi) is 7.91. The minimum absolute atomic E-state index is 0.138. The van der Waals surface area contributed by atoms with E-state index in [2.05, 4.69) is 20.7 Å². The van der Waals surface area contributed by atoms with Gasteiger partial charge in [-0.25, -0.2) is 5.43 Å². The molecule has 4 rings (SSSR count). The summed E-state index contributed by atoms with van der Waals surface area (Å²) >= 11 is 7.36. The van der Waals surface area contributed by atoms with Crippen LogP contribution < -0.4 is 5.43 Å². The Bertz CT molecular complexity index is 1300. The molecule has 1 heterocycles. The number of halogens is 1. The van der Waals surface area contributed by atoms with Crippen molar-refractivity contribution < 1.29 is 4.79 Å². The van der Waals surface area contributed by atoms with Crippen molar-refractivity contribution in [3.05, 3.63) is 101 Å². The van der Waals surface area contributed by atoms with Crippen LogP contribution in [0.15, 0.2) is 101 Å². The van der Waals surface area contributed by atoms with Crippen molar-refractivity contribution >= 4 is 41.6 Å². The molecule has 170 valence electrons. The Morgan fingerprint density at radius 1 is 1.00 bits per heavy atom. The summed E-state index contributed by atoms with van der Waals surface area (Å²) in [4.78, 5) is 12.4. The topological polar surface area (TPSA) is 72.2 Å². The fraction of sp³-hybridized carbons (Fsp3) is 0.0769. The SMILES string of the molecule is CC(/C=N\NC(=O)CSc1nnc(-c2ccccc2)n1-c1ccc(Cl)cc1)=C\c1ccccc1. The second-order valence-electron chi connectivity index (χ2n) is 7.36. The summed E-state index contributed by atoms with van der Waals surface area (Å²) in [6.07, 6.45) is 3.61. The van der Waals surface area contributed by atoms with Crippen molar-refractivity contribution in [1.29, 1.82) is 0 Å². The van der Waals surface area contributed by atoms with Crippen LogP contribution in [0.3, 0.4) is 0 Å². The standard InChI is InChI=1S/C26H22ClN5OS/c1-19(16-20-8-4-2-5-9-20)17-28-29-24(33)18-34-26-31-30-25(21-10-6-3-7-11-21)32(26)23-14-12-22(27)13-15-23/h2-17H,18H2,1H3,(H,29,33)/b19-16+,28-17-. The van der Waals surface area contributed by atoms with Gasteiger partial charge in [0.2, 0.25) is 0 Å². The Hall–Kier alpha value is -3.68. The highest BCUT2D eigenvalue weighted by atomic mass is 35.5. The monoisotopic (exact) mass is 487 g/mol. The first kappa shape index (κ1) is 23.5. The molecule has 0 unspecified atom stereocenters. The Morgan fingerprint density at radius 2 is 1.68 bits per heavy atom. The number of nitrogens with one attached hydrogen (secondary N) is 1. The van der Waals surface area contributed by atoms with E-state index in [9.17, 15) is 4.79 Å². The highest BCUT2D eigenvalue weighted by Crippen LogP contribution is 2.28. The molecule has 34 heavy (non-hydrogen) atoms. The number of amides is 1. The molecule has 0 radical (unpaired) electrons. The number of nitrogens with zero attached hydrogens (tertiary/aromatic N) is 4. The van der Waals surface area contributed by atoms with Crippen molar-refractivity contribution in [3.63, 3.8) is 0 Å². The molecule has 0 atom stereocenters. The fourth-order valence-electron chi connectivity index (χ4n) is 3.18. The highest BCUT2D eigenvalue weighted by molar-refractivity contribution is 7.99. The number of hydrazone groups is 1. The van der Waals surface area contributed by atoms with E-state index in [0.717, 1.165) is 22.4 Å². The molecule has 0 aliphatic rings. The first-order chi connectivity index (χ1) is 16.6. The largest absolute Gasteiger partial charge is 0.272 e. The van der Waals surface area contributed by atoms with Crippen LogP contribution in [-0.2, 0) is 4.79 Å². The number of thioether (sulfide) groups is 1. The number of hydrogen-bond acceptors (Lipinski definition) is 5. The normalized spacial score (nSPS) is 11.6. The van der Waals surface area contributed by atoms with Gasteiger partial charge in [0.05, 0.1) is 12.0 Å². The summed E-state index contributed by atoms with van der Waals surface area (Å²) < 4.78 is 1.92. The van der Waals surface area contributed by atoms with Crippen LogP contribution in [0, 0.1) is 0 Å². The van der Waals surface area contributed by atoms with Gasteiger partial charge in [-0.3, -0.25) is 9.36 Å². The molecule has 0 aliphatic carbocycles. The van der Waals surface area contributed by atoms with Crippen LogP contribution >= 0.6 is 23.4 Å². The van der Waals surface area contributed by atoms with Gasteiger partial charge in [-0.2, -0.15) is 5.10 Å². The third-order valence-corrected chi connectivity index (χ3v) is 5.91. The smallest absolute Gasteiger partial charge is 0.250 e. The number of carbonyl (C=O) groups is 1. The van der Waals surface area contributed by atoms with Crippen LogP contribution in [-0.4, -0.2) is 32.6 Å². The molecule has 1 amide bonds. The molecule has 0 saturated heterocycles. The van der Waals surface area contributed by atoms with Crippen LogP contribution in [0.4, 0.5) is 0 Å². The zero-order chi connectivity index (χ0) is 23.8. The van der Waals surface area contributed by atoms with E-state index in [1.807, 2.05) is 102 Å². The van der Waals surface area contributed by atoms with Gasteiger partial charge in [0.1, 0.15) is 0 Å². The molecule has 6 nitrogen and oxygen atoms in total. The summed E-state index contributed by atoms with van der Waals surface area (Å²) in [5, 5.41) is 14.0. The minimum atomic E-state index is -0.235. The summed E-state index contributed by atoms with van der Waals surface area (Å²) in [6, 6.07) is 27.1. The summed E-state index contributed by atoms with van der Waals surface area (Å²) in [7, 11) is 0. The first-order valence-corrected chi connectivity index (χ1v) is 11.9. The van der Waals surface area contributed by atoms with Gasteiger partial charge in [0, 0.05) is 16.3 Å². The predicted molar refractivity (Wildman–Crippen MR) is 139 cm³/mol. The van der Waals surface area contributed by atoms with E-state index in [1.165, 1.54) is 11.8 Å². The molecule has 0 saturated carbocycles. The van der Waals surface area contributed by atoms with E-state index in [4.69, 9.17) is 11.6 Å². The van der Waals surface area contributed by atoms with Crippen LogP contribution in [0.1, 0.15) is 12.5 Å². The zero-order valence-electron chi connectivity index (χ0n) is 18.4. The fourth-order valence-corrected chi connectivity index (χ4v) is 4.05. The molecule has 8 heteroatoms. The lowest BCUT2D eigenvalue weighted by Gasteiger charge is -2.10. The number of rotatable bonds is 8. The molecule has 0 fully saturated rings. The zero-order valence-corrected chi connectivity index (χ0v) is 20.0. The van der Waals surface area contributed by atoms with Gasteiger partial charge in [-0.05, 0) is 42.3 Å². The van der Waals surface area contributed by atoms with Crippen LogP contribution in [0.2, 0.25) is 5.02 Å². The minimum Gasteiger partial charge on any atom is -0.272 e. The van der Waals surface area contributed by atoms with E-state index in [1.54, 1.807) is 6.21 Å². The average molecular weight is 488 g/mol. The van der Waals surface area contributed by atoms with Gasteiger partial charge in [0.25, 0.3) is 5.91 Å². The Balaban J connectivity index is 1.45. The van der Waals surface area contributed by atoms with Gasteiger partial charge in [-0.1, -0.05) is 90.1 Å². The number of hydrogen-bond donors (Lipinski definition) is 1. The Morgan fingerprint density at radius 3 is 2.38 bits per heavy atom. The third kappa shape index (κ3) is 6.21. The molecule has 1 N–H and O–H groups in total. The Labute approximate surface area is 207 Å². The lowest BCUT2D eigenvalue weighted by Crippen LogP contribution is -2.20. The third-order valence-electron chi connectivity index (χ3n) is 4.73. The quantitative estimate of drug-likeness (QED) is 0.191. The molecule has 4 aromatic rings. The van der Waals surface area contributed by atoms with Crippen molar-refractivity contribution in [3.8, 4) is 17.1 Å². The maximum absolute atomic E-state index is 12.4. The summed E-state index contributed by atoms with van der Waals surface area (Å²) in [6.45, 7) is 1.93.